The highest BCUT2D eigenvalue weighted by Gasteiger charge is 2.12. The lowest BCUT2D eigenvalue weighted by Crippen LogP contribution is -2.07. The smallest absolute Gasteiger partial charge is 0.171 e. The van der Waals surface area contributed by atoms with E-state index in [2.05, 4.69) is 17.1 Å². The van der Waals surface area contributed by atoms with E-state index >= 15 is 0 Å². The fourth-order valence-corrected chi connectivity index (χ4v) is 1.74. The second kappa shape index (κ2) is 4.53. The van der Waals surface area contributed by atoms with Gasteiger partial charge in [-0.2, -0.15) is 10.2 Å². The molecule has 0 N–H and O–H groups in total. The molecule has 2 heterocycles. The van der Waals surface area contributed by atoms with E-state index in [0.29, 0.717) is 12.0 Å². The topological polar surface area (TPSA) is 52.7 Å². The molecule has 0 bridgehead atoms. The van der Waals surface area contributed by atoms with Crippen LogP contribution in [-0.4, -0.2) is 25.3 Å². The molecule has 5 nitrogen and oxygen atoms in total. The number of carbonyl (C=O) groups excluding carboxylic acids is 1. The molecular weight excluding hydrogens is 216 g/mol. The first-order chi connectivity index (χ1) is 8.10. The molecule has 0 aliphatic rings. The van der Waals surface area contributed by atoms with Crippen LogP contribution in [0, 0.1) is 0 Å². The average Bonchev–Trinajstić information content (AvgIpc) is 2.86. The number of rotatable bonds is 4. The maximum atomic E-state index is 12.0. The van der Waals surface area contributed by atoms with Crippen LogP contribution in [0.4, 0.5) is 0 Å². The SMILES string of the molecule is CCc1cc(CC(=O)c2cnn(C)c2)n(C)n1. The molecule has 90 valence electrons. The van der Waals surface area contributed by atoms with Crippen molar-refractivity contribution in [2.45, 2.75) is 19.8 Å². The third kappa shape index (κ3) is 2.43. The van der Waals surface area contributed by atoms with E-state index in [0.717, 1.165) is 17.8 Å². The Morgan fingerprint density at radius 3 is 2.71 bits per heavy atom. The van der Waals surface area contributed by atoms with Crippen LogP contribution >= 0.6 is 0 Å². The molecule has 0 atom stereocenters. The summed E-state index contributed by atoms with van der Waals surface area (Å²) >= 11 is 0. The van der Waals surface area contributed by atoms with Gasteiger partial charge in [0, 0.05) is 26.0 Å². The number of carbonyl (C=O) groups is 1. The van der Waals surface area contributed by atoms with Crippen LogP contribution in [0.1, 0.15) is 28.7 Å². The van der Waals surface area contributed by atoms with E-state index in [9.17, 15) is 4.79 Å². The molecule has 5 heteroatoms. The van der Waals surface area contributed by atoms with Crippen LogP contribution in [0.15, 0.2) is 18.5 Å². The molecule has 17 heavy (non-hydrogen) atoms. The van der Waals surface area contributed by atoms with Crippen molar-refractivity contribution in [3.05, 3.63) is 35.4 Å². The molecule has 0 saturated carbocycles. The van der Waals surface area contributed by atoms with Crippen LogP contribution in [-0.2, 0) is 26.9 Å². The summed E-state index contributed by atoms with van der Waals surface area (Å²) in [5, 5.41) is 8.32. The first-order valence-electron chi connectivity index (χ1n) is 5.63. The molecule has 2 rings (SSSR count). The lowest BCUT2D eigenvalue weighted by atomic mass is 10.1. The maximum absolute atomic E-state index is 12.0. The van der Waals surface area contributed by atoms with Crippen molar-refractivity contribution in [1.82, 2.24) is 19.6 Å². The van der Waals surface area contributed by atoms with E-state index in [1.807, 2.05) is 13.1 Å². The summed E-state index contributed by atoms with van der Waals surface area (Å²) in [5.74, 6) is 0.0729. The number of ketones is 1. The molecule has 2 aromatic rings. The number of nitrogens with zero attached hydrogens (tertiary/aromatic N) is 4. The summed E-state index contributed by atoms with van der Waals surface area (Å²) in [6.07, 6.45) is 4.59. The Balaban J connectivity index is 2.15. The van der Waals surface area contributed by atoms with E-state index < -0.39 is 0 Å². The van der Waals surface area contributed by atoms with Crippen molar-refractivity contribution >= 4 is 5.78 Å². The minimum Gasteiger partial charge on any atom is -0.294 e. The summed E-state index contributed by atoms with van der Waals surface area (Å²) in [6.45, 7) is 2.05. The van der Waals surface area contributed by atoms with Crippen molar-refractivity contribution in [1.29, 1.82) is 0 Å². The third-order valence-electron chi connectivity index (χ3n) is 2.76. The molecule has 0 radical (unpaired) electrons. The number of Topliss-reactive ketones (excluding diaryl/α,β-unsaturated/α-hetero) is 1. The Morgan fingerprint density at radius 1 is 1.41 bits per heavy atom. The highest BCUT2D eigenvalue weighted by Crippen LogP contribution is 2.08. The summed E-state index contributed by atoms with van der Waals surface area (Å²) < 4.78 is 3.40. The predicted molar refractivity (Wildman–Crippen MR) is 63.8 cm³/mol. The monoisotopic (exact) mass is 232 g/mol. The van der Waals surface area contributed by atoms with Gasteiger partial charge in [0.05, 0.1) is 23.9 Å². The molecule has 2 aromatic heterocycles. The summed E-state index contributed by atoms with van der Waals surface area (Å²) in [6, 6.07) is 1.98. The third-order valence-corrected chi connectivity index (χ3v) is 2.76. The Morgan fingerprint density at radius 2 is 2.18 bits per heavy atom. The van der Waals surface area contributed by atoms with Gasteiger partial charge in [0.25, 0.3) is 0 Å². The van der Waals surface area contributed by atoms with Gasteiger partial charge in [-0.15, -0.1) is 0 Å². The highest BCUT2D eigenvalue weighted by atomic mass is 16.1. The zero-order valence-corrected chi connectivity index (χ0v) is 10.3. The molecule has 0 saturated heterocycles. The summed E-state index contributed by atoms with van der Waals surface area (Å²) in [5.41, 5.74) is 2.60. The number of aryl methyl sites for hydroxylation is 3. The Hall–Kier alpha value is -1.91. The van der Waals surface area contributed by atoms with Crippen molar-refractivity contribution in [2.75, 3.05) is 0 Å². The van der Waals surface area contributed by atoms with E-state index in [1.165, 1.54) is 0 Å². The van der Waals surface area contributed by atoms with Gasteiger partial charge < -0.3 is 0 Å². The average molecular weight is 232 g/mol. The van der Waals surface area contributed by atoms with E-state index in [4.69, 9.17) is 0 Å². The first kappa shape index (κ1) is 11.6. The quantitative estimate of drug-likeness (QED) is 0.743. The Labute approximate surface area is 100 Å². The van der Waals surface area contributed by atoms with E-state index in [1.54, 1.807) is 28.8 Å². The minimum absolute atomic E-state index is 0.0729. The molecule has 0 spiro atoms. The van der Waals surface area contributed by atoms with Crippen LogP contribution in [0.25, 0.3) is 0 Å². The number of hydrogen-bond donors (Lipinski definition) is 0. The normalized spacial score (nSPS) is 10.8. The second-order valence-corrected chi connectivity index (χ2v) is 4.11. The fourth-order valence-electron chi connectivity index (χ4n) is 1.74. The lowest BCUT2D eigenvalue weighted by molar-refractivity contribution is 0.0990. The largest absolute Gasteiger partial charge is 0.294 e. The number of hydrogen-bond acceptors (Lipinski definition) is 3. The van der Waals surface area contributed by atoms with Gasteiger partial charge in [-0.25, -0.2) is 0 Å². The standard InChI is InChI=1S/C12H16N4O/c1-4-10-5-11(16(3)14-10)6-12(17)9-7-13-15(2)8-9/h5,7-8H,4,6H2,1-3H3. The summed E-state index contributed by atoms with van der Waals surface area (Å²) in [7, 11) is 3.67. The Bertz CT molecular complexity index is 538. The van der Waals surface area contributed by atoms with Crippen molar-refractivity contribution in [2.24, 2.45) is 14.1 Å². The van der Waals surface area contributed by atoms with Gasteiger partial charge in [-0.1, -0.05) is 6.92 Å². The molecule has 0 aliphatic heterocycles. The fraction of sp³-hybridized carbons (Fsp3) is 0.417. The molecular formula is C12H16N4O. The van der Waals surface area contributed by atoms with Gasteiger partial charge >= 0.3 is 0 Å². The molecule has 0 unspecified atom stereocenters. The minimum atomic E-state index is 0.0729. The van der Waals surface area contributed by atoms with Crippen molar-refractivity contribution in [3.8, 4) is 0 Å². The lowest BCUT2D eigenvalue weighted by Gasteiger charge is -1.98. The van der Waals surface area contributed by atoms with Crippen molar-refractivity contribution < 1.29 is 4.79 Å². The highest BCUT2D eigenvalue weighted by molar-refractivity contribution is 5.96. The predicted octanol–water partition coefficient (Wildman–Crippen LogP) is 1.14. The van der Waals surface area contributed by atoms with Crippen LogP contribution in [0.2, 0.25) is 0 Å². The molecule has 0 aromatic carbocycles. The van der Waals surface area contributed by atoms with Crippen LogP contribution in [0.5, 0.6) is 0 Å². The Kier molecular flexibility index (Phi) is 3.08. The van der Waals surface area contributed by atoms with E-state index in [-0.39, 0.29) is 5.78 Å². The molecule has 0 aliphatic carbocycles. The van der Waals surface area contributed by atoms with Gasteiger partial charge in [0.1, 0.15) is 0 Å². The molecule has 0 amide bonds. The molecule has 0 fully saturated rings. The zero-order valence-electron chi connectivity index (χ0n) is 10.3. The van der Waals surface area contributed by atoms with Gasteiger partial charge in [-0.05, 0) is 12.5 Å². The number of aromatic nitrogens is 4. The van der Waals surface area contributed by atoms with Crippen LogP contribution in [0.3, 0.4) is 0 Å². The zero-order chi connectivity index (χ0) is 12.4. The summed E-state index contributed by atoms with van der Waals surface area (Å²) in [4.78, 5) is 12.0. The maximum Gasteiger partial charge on any atom is 0.171 e. The first-order valence-corrected chi connectivity index (χ1v) is 5.63. The van der Waals surface area contributed by atoms with Gasteiger partial charge in [0.15, 0.2) is 5.78 Å². The second-order valence-electron chi connectivity index (χ2n) is 4.11. The van der Waals surface area contributed by atoms with Crippen LogP contribution < -0.4 is 0 Å². The van der Waals surface area contributed by atoms with Gasteiger partial charge in [-0.3, -0.25) is 14.2 Å². The van der Waals surface area contributed by atoms with Gasteiger partial charge in [0.2, 0.25) is 0 Å². The van der Waals surface area contributed by atoms with Crippen molar-refractivity contribution in [3.63, 3.8) is 0 Å².